The maximum Gasteiger partial charge on any atom is 0.242 e. The van der Waals surface area contributed by atoms with Crippen molar-refractivity contribution in [2.45, 2.75) is 46.6 Å². The number of nitrogens with zero attached hydrogens (tertiary/aromatic N) is 2. The summed E-state index contributed by atoms with van der Waals surface area (Å²) in [6, 6.07) is 3.61. The van der Waals surface area contributed by atoms with Gasteiger partial charge in [0.2, 0.25) is 5.91 Å². The number of aliphatic imine (C=N–C) groups is 1. The van der Waals surface area contributed by atoms with Crippen molar-refractivity contribution < 1.29 is 9.18 Å². The SMILES string of the molecule is CCCN(C)CC(C(C)CC)C(N=C(C)c1cc(Cl)ccc1F)C(N)=O. The Morgan fingerprint density at radius 2 is 2.04 bits per heavy atom. The minimum atomic E-state index is -0.706. The number of benzene rings is 1. The van der Waals surface area contributed by atoms with Gasteiger partial charge in [0, 0.05) is 28.8 Å². The first-order valence-corrected chi connectivity index (χ1v) is 9.56. The first kappa shape index (κ1) is 22.6. The third kappa shape index (κ3) is 6.36. The Morgan fingerprint density at radius 3 is 2.58 bits per heavy atom. The number of carbonyl (C=O) groups excluding carboxylic acids is 1. The normalized spacial score (nSPS) is 15.8. The third-order valence-electron chi connectivity index (χ3n) is 4.85. The zero-order valence-electron chi connectivity index (χ0n) is 16.4. The number of nitrogens with two attached hydrogens (primary N) is 1. The van der Waals surface area contributed by atoms with E-state index in [1.165, 1.54) is 18.2 Å². The maximum atomic E-state index is 14.1. The van der Waals surface area contributed by atoms with Gasteiger partial charge in [-0.3, -0.25) is 9.79 Å². The Balaban J connectivity index is 3.24. The fourth-order valence-electron chi connectivity index (χ4n) is 3.15. The van der Waals surface area contributed by atoms with Crippen LogP contribution in [-0.4, -0.2) is 42.7 Å². The molecule has 3 atom stereocenters. The molecule has 0 saturated heterocycles. The lowest BCUT2D eigenvalue weighted by Crippen LogP contribution is -2.43. The molecule has 6 heteroatoms. The summed E-state index contributed by atoms with van der Waals surface area (Å²) in [6.45, 7) is 9.64. The molecular formula is C20H31ClFN3O. The minimum absolute atomic E-state index is 0.0359. The van der Waals surface area contributed by atoms with Crippen LogP contribution < -0.4 is 5.73 Å². The summed E-state index contributed by atoms with van der Waals surface area (Å²) in [5, 5.41) is 0.424. The van der Waals surface area contributed by atoms with Crippen molar-refractivity contribution in [1.82, 2.24) is 4.90 Å². The van der Waals surface area contributed by atoms with E-state index in [4.69, 9.17) is 17.3 Å². The van der Waals surface area contributed by atoms with Crippen LogP contribution in [0.4, 0.5) is 4.39 Å². The molecule has 26 heavy (non-hydrogen) atoms. The quantitative estimate of drug-likeness (QED) is 0.617. The Bertz CT molecular complexity index is 635. The largest absolute Gasteiger partial charge is 0.368 e. The van der Waals surface area contributed by atoms with Crippen LogP contribution in [-0.2, 0) is 4.79 Å². The lowest BCUT2D eigenvalue weighted by Gasteiger charge is -2.31. The average molecular weight is 384 g/mol. The molecule has 1 aromatic carbocycles. The first-order chi connectivity index (χ1) is 12.2. The highest BCUT2D eigenvalue weighted by atomic mass is 35.5. The van der Waals surface area contributed by atoms with Crippen LogP contribution in [0.5, 0.6) is 0 Å². The molecule has 0 aliphatic heterocycles. The molecule has 0 aliphatic rings. The summed E-state index contributed by atoms with van der Waals surface area (Å²) >= 11 is 5.98. The van der Waals surface area contributed by atoms with E-state index in [1.807, 2.05) is 7.05 Å². The Morgan fingerprint density at radius 1 is 1.38 bits per heavy atom. The zero-order chi connectivity index (χ0) is 19.9. The number of amides is 1. The molecule has 2 N–H and O–H groups in total. The molecule has 0 saturated carbocycles. The van der Waals surface area contributed by atoms with Crippen molar-refractivity contribution >= 4 is 23.2 Å². The van der Waals surface area contributed by atoms with Crippen LogP contribution >= 0.6 is 11.6 Å². The molecule has 146 valence electrons. The molecule has 0 aliphatic carbocycles. The second-order valence-electron chi connectivity index (χ2n) is 7.00. The molecule has 1 aromatic rings. The number of hydrogen-bond acceptors (Lipinski definition) is 3. The van der Waals surface area contributed by atoms with Crippen molar-refractivity contribution in [3.63, 3.8) is 0 Å². The molecule has 0 bridgehead atoms. The van der Waals surface area contributed by atoms with Gasteiger partial charge in [0.05, 0.1) is 0 Å². The highest BCUT2D eigenvalue weighted by Gasteiger charge is 2.31. The van der Waals surface area contributed by atoms with E-state index in [1.54, 1.807) is 6.92 Å². The molecule has 0 fully saturated rings. The number of primary amides is 1. The van der Waals surface area contributed by atoms with E-state index < -0.39 is 17.8 Å². The van der Waals surface area contributed by atoms with Gasteiger partial charge in [-0.1, -0.05) is 38.8 Å². The van der Waals surface area contributed by atoms with Gasteiger partial charge in [-0.05, 0) is 51.1 Å². The summed E-state index contributed by atoms with van der Waals surface area (Å²) in [5.74, 6) is -0.678. The van der Waals surface area contributed by atoms with E-state index in [0.717, 1.165) is 19.4 Å². The first-order valence-electron chi connectivity index (χ1n) is 9.18. The lowest BCUT2D eigenvalue weighted by atomic mass is 9.84. The minimum Gasteiger partial charge on any atom is -0.368 e. The predicted octanol–water partition coefficient (Wildman–Crippen LogP) is 4.15. The standard InChI is InChI=1S/C20H31ClFN3O/c1-6-10-25(5)12-17(13(3)7-2)19(20(23)26)24-14(4)16-11-15(21)8-9-18(16)22/h8-9,11,13,17,19H,6-7,10,12H2,1-5H3,(H2,23,26). The fourth-order valence-corrected chi connectivity index (χ4v) is 3.32. The van der Waals surface area contributed by atoms with Gasteiger partial charge in [-0.15, -0.1) is 0 Å². The monoisotopic (exact) mass is 383 g/mol. The van der Waals surface area contributed by atoms with E-state index >= 15 is 0 Å². The van der Waals surface area contributed by atoms with Gasteiger partial charge in [0.1, 0.15) is 11.9 Å². The van der Waals surface area contributed by atoms with Crippen LogP contribution in [0.15, 0.2) is 23.2 Å². The number of halogens is 2. The second kappa shape index (κ2) is 10.6. The molecule has 3 unspecified atom stereocenters. The van der Waals surface area contributed by atoms with Gasteiger partial charge in [-0.2, -0.15) is 0 Å². The van der Waals surface area contributed by atoms with Crippen LogP contribution in [0.2, 0.25) is 5.02 Å². The summed E-state index contributed by atoms with van der Waals surface area (Å²) in [7, 11) is 2.03. The molecule has 1 rings (SSSR count). The lowest BCUT2D eigenvalue weighted by molar-refractivity contribution is -0.120. The summed E-state index contributed by atoms with van der Waals surface area (Å²) < 4.78 is 14.1. The summed E-state index contributed by atoms with van der Waals surface area (Å²) in [4.78, 5) is 18.9. The van der Waals surface area contributed by atoms with E-state index in [2.05, 4.69) is 30.7 Å². The number of carbonyl (C=O) groups is 1. The van der Waals surface area contributed by atoms with Gasteiger partial charge < -0.3 is 10.6 Å². The molecular weight excluding hydrogens is 353 g/mol. The van der Waals surface area contributed by atoms with Crippen LogP contribution in [0.3, 0.4) is 0 Å². The Hall–Kier alpha value is -1.46. The molecule has 0 heterocycles. The predicted molar refractivity (Wildman–Crippen MR) is 107 cm³/mol. The zero-order valence-corrected chi connectivity index (χ0v) is 17.2. The molecule has 0 spiro atoms. The van der Waals surface area contributed by atoms with Crippen molar-refractivity contribution in [1.29, 1.82) is 0 Å². The van der Waals surface area contributed by atoms with Crippen LogP contribution in [0.1, 0.15) is 46.1 Å². The van der Waals surface area contributed by atoms with E-state index in [0.29, 0.717) is 22.8 Å². The second-order valence-corrected chi connectivity index (χ2v) is 7.43. The smallest absolute Gasteiger partial charge is 0.242 e. The topological polar surface area (TPSA) is 58.7 Å². The van der Waals surface area contributed by atoms with E-state index in [-0.39, 0.29) is 11.8 Å². The Labute approximate surface area is 161 Å². The van der Waals surface area contributed by atoms with Crippen molar-refractivity contribution in [2.75, 3.05) is 20.1 Å². The van der Waals surface area contributed by atoms with Gasteiger partial charge in [0.15, 0.2) is 0 Å². The number of hydrogen-bond donors (Lipinski definition) is 1. The van der Waals surface area contributed by atoms with Crippen molar-refractivity contribution in [3.8, 4) is 0 Å². The summed E-state index contributed by atoms with van der Waals surface area (Å²) in [5.41, 5.74) is 6.42. The molecule has 0 radical (unpaired) electrons. The third-order valence-corrected chi connectivity index (χ3v) is 5.09. The molecule has 0 aromatic heterocycles. The van der Waals surface area contributed by atoms with Gasteiger partial charge in [0.25, 0.3) is 0 Å². The van der Waals surface area contributed by atoms with Crippen LogP contribution in [0, 0.1) is 17.7 Å². The molecule has 1 amide bonds. The van der Waals surface area contributed by atoms with Gasteiger partial charge in [-0.25, -0.2) is 4.39 Å². The van der Waals surface area contributed by atoms with Crippen molar-refractivity contribution in [3.05, 3.63) is 34.6 Å². The summed E-state index contributed by atoms with van der Waals surface area (Å²) in [6.07, 6.45) is 1.94. The Kier molecular flexibility index (Phi) is 9.23. The van der Waals surface area contributed by atoms with Crippen molar-refractivity contribution in [2.24, 2.45) is 22.6 Å². The average Bonchev–Trinajstić information content (AvgIpc) is 2.59. The molecule has 4 nitrogen and oxygen atoms in total. The van der Waals surface area contributed by atoms with Crippen LogP contribution in [0.25, 0.3) is 0 Å². The number of rotatable bonds is 10. The fraction of sp³-hybridized carbons (Fsp3) is 0.600. The maximum absolute atomic E-state index is 14.1. The highest BCUT2D eigenvalue weighted by molar-refractivity contribution is 6.31. The van der Waals surface area contributed by atoms with Gasteiger partial charge >= 0.3 is 0 Å². The van der Waals surface area contributed by atoms with E-state index in [9.17, 15) is 9.18 Å². The highest BCUT2D eigenvalue weighted by Crippen LogP contribution is 2.24.